The minimum Gasteiger partial charge on any atom is -0.372 e. The Balaban J connectivity index is 1.63. The van der Waals surface area contributed by atoms with Crippen LogP contribution in [0.25, 0.3) is 11.0 Å². The van der Waals surface area contributed by atoms with Crippen molar-refractivity contribution >= 4 is 16.9 Å². The molecule has 3 atom stereocenters. The van der Waals surface area contributed by atoms with Crippen molar-refractivity contribution in [3.8, 4) is 0 Å². The molecule has 2 aromatic heterocycles. The van der Waals surface area contributed by atoms with E-state index in [1.165, 1.54) is 12.1 Å². The van der Waals surface area contributed by atoms with Gasteiger partial charge < -0.3 is 19.5 Å². The molecule has 2 aliphatic heterocycles. The highest BCUT2D eigenvalue weighted by Crippen LogP contribution is 2.29. The smallest absolute Gasteiger partial charge is 0.242 e. The molecule has 2 fully saturated rings. The van der Waals surface area contributed by atoms with Crippen LogP contribution in [0.3, 0.4) is 0 Å². The van der Waals surface area contributed by atoms with Crippen molar-refractivity contribution in [1.82, 2.24) is 19.8 Å². The lowest BCUT2D eigenvalue weighted by Gasteiger charge is -2.35. The number of nitrogens with one attached hydrogen (secondary N) is 1. The first kappa shape index (κ1) is 17.5. The molecule has 26 heavy (non-hydrogen) atoms. The average Bonchev–Trinajstić information content (AvgIpc) is 3.00. The Hall–Kier alpha value is -1.92. The standard InChI is InChI=1S/C20H28N4O2/c1-14-11-23(12-15(2)26-14)19(25)13-24-18(17-6-3-7-21-10-17)9-16-5-4-8-22-20(16)24/h4-5,8-9,14-15,17,21H,3,6-7,10-13H2,1-2H3/t14-,15+,17-/m1/s1. The summed E-state index contributed by atoms with van der Waals surface area (Å²) in [4.78, 5) is 19.6. The molecule has 0 unspecified atom stereocenters. The molecule has 0 radical (unpaired) electrons. The number of carbonyl (C=O) groups is 1. The van der Waals surface area contributed by atoms with Crippen molar-refractivity contribution in [1.29, 1.82) is 0 Å². The second-order valence-corrected chi connectivity index (χ2v) is 7.67. The van der Waals surface area contributed by atoms with Gasteiger partial charge in [-0.25, -0.2) is 4.98 Å². The fourth-order valence-corrected chi connectivity index (χ4v) is 4.33. The van der Waals surface area contributed by atoms with Crippen LogP contribution in [0.15, 0.2) is 24.4 Å². The molecule has 2 aromatic rings. The van der Waals surface area contributed by atoms with E-state index >= 15 is 0 Å². The predicted molar refractivity (Wildman–Crippen MR) is 101 cm³/mol. The SMILES string of the molecule is C[C@@H]1CN(C(=O)Cn2c([C@@H]3CCCNC3)cc3cccnc32)C[C@H](C)O1. The first-order chi connectivity index (χ1) is 12.6. The summed E-state index contributed by atoms with van der Waals surface area (Å²) < 4.78 is 7.91. The van der Waals surface area contributed by atoms with Crippen LogP contribution in [0, 0.1) is 0 Å². The van der Waals surface area contributed by atoms with Crippen LogP contribution in [0.5, 0.6) is 0 Å². The summed E-state index contributed by atoms with van der Waals surface area (Å²) in [7, 11) is 0. The Morgan fingerprint density at radius 1 is 1.35 bits per heavy atom. The minimum atomic E-state index is 0.0873. The van der Waals surface area contributed by atoms with Gasteiger partial charge in [-0.2, -0.15) is 0 Å². The Morgan fingerprint density at radius 2 is 2.15 bits per heavy atom. The molecule has 0 spiro atoms. The lowest BCUT2D eigenvalue weighted by Crippen LogP contribution is -2.49. The van der Waals surface area contributed by atoms with Crippen LogP contribution in [0.4, 0.5) is 0 Å². The van der Waals surface area contributed by atoms with Crippen molar-refractivity contribution < 1.29 is 9.53 Å². The van der Waals surface area contributed by atoms with Gasteiger partial charge >= 0.3 is 0 Å². The van der Waals surface area contributed by atoms with Crippen LogP contribution in [0.2, 0.25) is 0 Å². The van der Waals surface area contributed by atoms with E-state index in [9.17, 15) is 4.79 Å². The number of fused-ring (bicyclic) bond motifs is 1. The van der Waals surface area contributed by atoms with Crippen LogP contribution >= 0.6 is 0 Å². The van der Waals surface area contributed by atoms with E-state index in [1.807, 2.05) is 31.0 Å². The van der Waals surface area contributed by atoms with Gasteiger partial charge in [-0.1, -0.05) is 0 Å². The molecular weight excluding hydrogens is 328 g/mol. The third kappa shape index (κ3) is 3.48. The Bertz CT molecular complexity index is 771. The number of hydrogen-bond acceptors (Lipinski definition) is 4. The monoisotopic (exact) mass is 356 g/mol. The van der Waals surface area contributed by atoms with E-state index in [4.69, 9.17) is 4.74 Å². The molecule has 0 bridgehead atoms. The minimum absolute atomic E-state index is 0.0873. The number of rotatable bonds is 3. The highest BCUT2D eigenvalue weighted by Gasteiger charge is 2.28. The molecule has 2 saturated heterocycles. The van der Waals surface area contributed by atoms with Gasteiger partial charge in [0.2, 0.25) is 5.91 Å². The van der Waals surface area contributed by atoms with Crippen molar-refractivity contribution in [2.24, 2.45) is 0 Å². The number of nitrogens with zero attached hydrogens (tertiary/aromatic N) is 3. The van der Waals surface area contributed by atoms with Crippen LogP contribution in [0.1, 0.15) is 38.3 Å². The second kappa shape index (κ2) is 7.37. The number of amides is 1. The summed E-state index contributed by atoms with van der Waals surface area (Å²) in [6, 6.07) is 6.27. The number of ether oxygens (including phenoxy) is 1. The first-order valence-electron chi connectivity index (χ1n) is 9.70. The molecule has 6 nitrogen and oxygen atoms in total. The highest BCUT2D eigenvalue weighted by atomic mass is 16.5. The Labute approximate surface area is 154 Å². The predicted octanol–water partition coefficient (Wildman–Crippen LogP) is 2.14. The van der Waals surface area contributed by atoms with E-state index in [1.54, 1.807) is 0 Å². The summed E-state index contributed by atoms with van der Waals surface area (Å²) in [5.74, 6) is 0.591. The van der Waals surface area contributed by atoms with Crippen molar-refractivity contribution in [3.05, 3.63) is 30.1 Å². The zero-order valence-corrected chi connectivity index (χ0v) is 15.6. The topological polar surface area (TPSA) is 59.4 Å². The molecule has 1 amide bonds. The number of hydrogen-bond donors (Lipinski definition) is 1. The van der Waals surface area contributed by atoms with Crippen molar-refractivity contribution in [2.45, 2.75) is 51.4 Å². The summed E-state index contributed by atoms with van der Waals surface area (Å²) in [5, 5.41) is 4.60. The molecule has 4 rings (SSSR count). The molecular formula is C20H28N4O2. The van der Waals surface area contributed by atoms with E-state index < -0.39 is 0 Å². The first-order valence-corrected chi connectivity index (χ1v) is 9.70. The Kier molecular flexibility index (Phi) is 4.96. The van der Waals surface area contributed by atoms with Gasteiger partial charge in [0.1, 0.15) is 12.2 Å². The molecule has 0 saturated carbocycles. The fraction of sp³-hybridized carbons (Fsp3) is 0.600. The van der Waals surface area contributed by atoms with Crippen LogP contribution < -0.4 is 5.32 Å². The number of carbonyl (C=O) groups excluding carboxylic acids is 1. The second-order valence-electron chi connectivity index (χ2n) is 7.67. The van der Waals surface area contributed by atoms with Gasteiger partial charge in [-0.05, 0) is 51.4 Å². The van der Waals surface area contributed by atoms with E-state index in [-0.39, 0.29) is 18.1 Å². The maximum atomic E-state index is 13.0. The number of morpholine rings is 1. The zero-order valence-electron chi connectivity index (χ0n) is 15.6. The third-order valence-corrected chi connectivity index (χ3v) is 5.47. The summed E-state index contributed by atoms with van der Waals surface area (Å²) in [6.45, 7) is 7.79. The van der Waals surface area contributed by atoms with Crippen LogP contribution in [-0.2, 0) is 16.1 Å². The maximum Gasteiger partial charge on any atom is 0.242 e. The number of pyridine rings is 1. The molecule has 2 aliphatic rings. The quantitative estimate of drug-likeness (QED) is 0.915. The average molecular weight is 356 g/mol. The fourth-order valence-electron chi connectivity index (χ4n) is 4.33. The van der Waals surface area contributed by atoms with E-state index in [2.05, 4.69) is 27.0 Å². The van der Waals surface area contributed by atoms with Crippen LogP contribution in [-0.4, -0.2) is 58.7 Å². The Morgan fingerprint density at radius 3 is 2.88 bits per heavy atom. The normalized spacial score (nSPS) is 27.0. The van der Waals surface area contributed by atoms with Crippen molar-refractivity contribution in [3.63, 3.8) is 0 Å². The lowest BCUT2D eigenvalue weighted by molar-refractivity contribution is -0.143. The highest BCUT2D eigenvalue weighted by molar-refractivity contribution is 5.82. The number of aromatic nitrogens is 2. The van der Waals surface area contributed by atoms with E-state index in [0.29, 0.717) is 25.6 Å². The molecule has 140 valence electrons. The van der Waals surface area contributed by atoms with Gasteiger partial charge in [0.15, 0.2) is 0 Å². The van der Waals surface area contributed by atoms with Gasteiger partial charge in [0.05, 0.1) is 12.2 Å². The maximum absolute atomic E-state index is 13.0. The van der Waals surface area contributed by atoms with Crippen molar-refractivity contribution in [2.75, 3.05) is 26.2 Å². The van der Waals surface area contributed by atoms with Gasteiger partial charge in [0.25, 0.3) is 0 Å². The summed E-state index contributed by atoms with van der Waals surface area (Å²) in [6.07, 6.45) is 4.31. The van der Waals surface area contributed by atoms with Gasteiger partial charge in [-0.3, -0.25) is 4.79 Å². The van der Waals surface area contributed by atoms with Gasteiger partial charge in [0, 0.05) is 42.8 Å². The molecule has 0 aromatic carbocycles. The zero-order chi connectivity index (χ0) is 18.1. The molecule has 4 heterocycles. The largest absolute Gasteiger partial charge is 0.372 e. The molecule has 6 heteroatoms. The summed E-state index contributed by atoms with van der Waals surface area (Å²) >= 11 is 0. The third-order valence-electron chi connectivity index (χ3n) is 5.47. The van der Waals surface area contributed by atoms with Gasteiger partial charge in [-0.15, -0.1) is 0 Å². The van der Waals surface area contributed by atoms with E-state index in [0.717, 1.165) is 30.5 Å². The lowest BCUT2D eigenvalue weighted by atomic mass is 9.96. The molecule has 1 N–H and O–H groups in total. The summed E-state index contributed by atoms with van der Waals surface area (Å²) in [5.41, 5.74) is 2.14. The number of piperidine rings is 1. The molecule has 0 aliphatic carbocycles.